The summed E-state index contributed by atoms with van der Waals surface area (Å²) < 4.78 is 0. The highest BCUT2D eigenvalue weighted by Crippen LogP contribution is 2.48. The fourth-order valence-corrected chi connectivity index (χ4v) is 4.36. The Labute approximate surface area is 226 Å². The molecule has 2 aliphatic rings. The van der Waals surface area contributed by atoms with Crippen LogP contribution in [-0.2, 0) is 0 Å². The second-order valence-electron chi connectivity index (χ2n) is 10.8. The fourth-order valence-electron chi connectivity index (χ4n) is 4.36. The lowest BCUT2D eigenvalue weighted by atomic mass is 9.71. The van der Waals surface area contributed by atoms with Crippen LogP contribution in [0.4, 0.5) is 0 Å². The van der Waals surface area contributed by atoms with Gasteiger partial charge in [0.1, 0.15) is 0 Å². The Morgan fingerprint density at radius 1 is 1.00 bits per heavy atom. The first-order valence-electron chi connectivity index (χ1n) is 14.7. The van der Waals surface area contributed by atoms with Gasteiger partial charge in [0.25, 0.3) is 0 Å². The van der Waals surface area contributed by atoms with Crippen molar-refractivity contribution >= 4 is 0 Å². The number of rotatable bonds is 5. The molecule has 4 unspecified atom stereocenters. The quantitative estimate of drug-likeness (QED) is 0.265. The summed E-state index contributed by atoms with van der Waals surface area (Å²) in [7, 11) is 0. The monoisotopic (exact) mass is 491 g/mol. The first kappa shape index (κ1) is 43.8. The Hall–Kier alpha value is -1.22. The Morgan fingerprint density at radius 2 is 1.43 bits per heavy atom. The molecular formula is C35H70. The molecule has 0 aromatic rings. The van der Waals surface area contributed by atoms with E-state index >= 15 is 0 Å². The summed E-state index contributed by atoms with van der Waals surface area (Å²) in [6.45, 7) is 38.8. The molecule has 210 valence electrons. The number of terminal acetylenes is 1. The first-order chi connectivity index (χ1) is 16.5. The van der Waals surface area contributed by atoms with E-state index in [0.717, 1.165) is 29.6 Å². The highest BCUT2D eigenvalue weighted by Gasteiger charge is 2.39. The van der Waals surface area contributed by atoms with Crippen LogP contribution in [0.2, 0.25) is 0 Å². The molecule has 1 fully saturated rings. The van der Waals surface area contributed by atoms with Crippen molar-refractivity contribution in [3.63, 3.8) is 0 Å². The van der Waals surface area contributed by atoms with Gasteiger partial charge in [-0.1, -0.05) is 127 Å². The van der Waals surface area contributed by atoms with Crippen LogP contribution in [0.5, 0.6) is 0 Å². The standard InChI is InChI=1S/C13H26.C9H14.C4H10.C3H8.C2H6.C2H4.C2H2/c1-6-11-8-10(3)9-12(11)13(4,5)7-2;1-3-8-5-6-9(4-2)7-8;1-4(2)3;1-3-2;3*1-2/h10-12H,6-9H2,1-5H3;3,6,8H,1,4-5,7H2,2H3;4H,1-3H3;3H2,1-2H3;1-2H3;1-2H2;1-2H. The van der Waals surface area contributed by atoms with Crippen molar-refractivity contribution in [3.8, 4) is 12.8 Å². The molecule has 1 saturated carbocycles. The van der Waals surface area contributed by atoms with Gasteiger partial charge < -0.3 is 0 Å². The van der Waals surface area contributed by atoms with Crippen LogP contribution in [0.15, 0.2) is 37.5 Å². The zero-order valence-corrected chi connectivity index (χ0v) is 27.0. The van der Waals surface area contributed by atoms with Crippen LogP contribution in [0.3, 0.4) is 0 Å². The van der Waals surface area contributed by atoms with Gasteiger partial charge in [0.2, 0.25) is 0 Å². The third-order valence-electron chi connectivity index (χ3n) is 6.39. The topological polar surface area (TPSA) is 0 Å². The maximum atomic E-state index is 4.00. The molecule has 0 bridgehead atoms. The van der Waals surface area contributed by atoms with Gasteiger partial charge in [-0.2, -0.15) is 0 Å². The SMILES string of the molecule is C#C.C=C.C=CC1CC=C(CC)C1.CC.CC(C)C.CCC.CCC1CC(C)CC1C(C)(C)CC. The predicted octanol–water partition coefficient (Wildman–Crippen LogP) is 12.6. The Balaban J connectivity index is -0.000000119. The third-order valence-corrected chi connectivity index (χ3v) is 6.39. The zero-order valence-electron chi connectivity index (χ0n) is 27.0. The van der Waals surface area contributed by atoms with Crippen LogP contribution in [0, 0.1) is 47.9 Å². The van der Waals surface area contributed by atoms with Gasteiger partial charge >= 0.3 is 0 Å². The molecule has 0 heteroatoms. The van der Waals surface area contributed by atoms with E-state index in [-0.39, 0.29) is 0 Å². The molecule has 35 heavy (non-hydrogen) atoms. The molecule has 0 N–H and O–H groups in total. The van der Waals surface area contributed by atoms with Crippen LogP contribution in [-0.4, -0.2) is 0 Å². The Bertz CT molecular complexity index is 459. The second kappa shape index (κ2) is 30.8. The van der Waals surface area contributed by atoms with Crippen molar-refractivity contribution in [1.29, 1.82) is 0 Å². The summed E-state index contributed by atoms with van der Waals surface area (Å²) in [5, 5.41) is 0. The normalized spacial score (nSPS) is 21.7. The van der Waals surface area contributed by atoms with E-state index in [4.69, 9.17) is 0 Å². The van der Waals surface area contributed by atoms with Gasteiger partial charge in [-0.3, -0.25) is 0 Å². The molecule has 0 radical (unpaired) electrons. The average molecular weight is 491 g/mol. The van der Waals surface area contributed by atoms with Gasteiger partial charge in [-0.05, 0) is 67.1 Å². The fraction of sp³-hybridized carbons (Fsp3) is 0.771. The summed E-state index contributed by atoms with van der Waals surface area (Å²) in [5.41, 5.74) is 2.19. The molecule has 0 heterocycles. The lowest BCUT2D eigenvalue weighted by Gasteiger charge is -2.34. The van der Waals surface area contributed by atoms with E-state index < -0.39 is 0 Å². The van der Waals surface area contributed by atoms with E-state index in [1.54, 1.807) is 5.57 Å². The maximum absolute atomic E-state index is 4.00. The van der Waals surface area contributed by atoms with E-state index in [2.05, 4.69) is 121 Å². The van der Waals surface area contributed by atoms with Crippen molar-refractivity contribution in [2.24, 2.45) is 35.0 Å². The lowest BCUT2D eigenvalue weighted by molar-refractivity contribution is 0.152. The van der Waals surface area contributed by atoms with Crippen molar-refractivity contribution in [2.75, 3.05) is 0 Å². The molecular weight excluding hydrogens is 420 g/mol. The summed E-state index contributed by atoms with van der Waals surface area (Å²) in [5.74, 6) is 4.54. The van der Waals surface area contributed by atoms with Gasteiger partial charge in [0, 0.05) is 0 Å². The molecule has 2 rings (SSSR count). The number of allylic oxidation sites excluding steroid dienone is 3. The Morgan fingerprint density at radius 3 is 1.69 bits per heavy atom. The number of hydrogen-bond donors (Lipinski definition) is 0. The van der Waals surface area contributed by atoms with Crippen molar-refractivity contribution < 1.29 is 0 Å². The Kier molecular flexibility index (Phi) is 38.6. The maximum Gasteiger partial charge on any atom is -0.0164 e. The van der Waals surface area contributed by atoms with Crippen molar-refractivity contribution in [1.82, 2.24) is 0 Å². The first-order valence-corrected chi connectivity index (χ1v) is 14.7. The van der Waals surface area contributed by atoms with E-state index in [0.29, 0.717) is 5.41 Å². The lowest BCUT2D eigenvalue weighted by Crippen LogP contribution is -2.26. The van der Waals surface area contributed by atoms with E-state index in [9.17, 15) is 0 Å². The van der Waals surface area contributed by atoms with Crippen LogP contribution in [0.25, 0.3) is 0 Å². The third kappa shape index (κ3) is 25.7. The summed E-state index contributed by atoms with van der Waals surface area (Å²) in [4.78, 5) is 0. The minimum absolute atomic E-state index is 0.575. The summed E-state index contributed by atoms with van der Waals surface area (Å²) in [6.07, 6.45) is 23.1. The summed E-state index contributed by atoms with van der Waals surface area (Å²) in [6, 6.07) is 0. The molecule has 4 atom stereocenters. The van der Waals surface area contributed by atoms with Crippen molar-refractivity contribution in [3.05, 3.63) is 37.5 Å². The highest BCUT2D eigenvalue weighted by molar-refractivity contribution is 5.12. The minimum atomic E-state index is 0.575. The molecule has 0 nitrogen and oxygen atoms in total. The van der Waals surface area contributed by atoms with Gasteiger partial charge in [0.15, 0.2) is 0 Å². The van der Waals surface area contributed by atoms with E-state index in [1.807, 2.05) is 13.8 Å². The van der Waals surface area contributed by atoms with Gasteiger partial charge in [0.05, 0.1) is 0 Å². The minimum Gasteiger partial charge on any atom is -0.124 e. The molecule has 0 aromatic heterocycles. The summed E-state index contributed by atoms with van der Waals surface area (Å²) >= 11 is 0. The van der Waals surface area contributed by atoms with Gasteiger partial charge in [-0.25, -0.2) is 0 Å². The molecule has 2 aliphatic carbocycles. The van der Waals surface area contributed by atoms with Crippen LogP contribution >= 0.6 is 0 Å². The highest BCUT2D eigenvalue weighted by atomic mass is 14.4. The van der Waals surface area contributed by atoms with Crippen molar-refractivity contribution in [2.45, 2.75) is 141 Å². The predicted molar refractivity (Wildman–Crippen MR) is 170 cm³/mol. The van der Waals surface area contributed by atoms with E-state index in [1.165, 1.54) is 51.4 Å². The van der Waals surface area contributed by atoms with Crippen LogP contribution in [0.1, 0.15) is 141 Å². The largest absolute Gasteiger partial charge is 0.124 e. The van der Waals surface area contributed by atoms with Crippen LogP contribution < -0.4 is 0 Å². The average Bonchev–Trinajstić information content (AvgIpc) is 3.50. The smallest absolute Gasteiger partial charge is 0.0164 e. The second-order valence-corrected chi connectivity index (χ2v) is 10.8. The zero-order chi connectivity index (χ0) is 29.0. The molecule has 0 amide bonds. The molecule has 0 spiro atoms. The molecule has 0 saturated heterocycles. The van der Waals surface area contributed by atoms with Gasteiger partial charge in [-0.15, -0.1) is 32.6 Å². The molecule has 0 aliphatic heterocycles. The molecule has 0 aromatic carbocycles. The number of hydrogen-bond acceptors (Lipinski definition) is 0.